The number of phenols is 1. The Kier molecular flexibility index (Phi) is 2.87. The molecule has 17 heavy (non-hydrogen) atoms. The number of benzene rings is 1. The van der Waals surface area contributed by atoms with Gasteiger partial charge in [-0.25, -0.2) is 4.98 Å². The fraction of sp³-hybridized carbons (Fsp3) is 0. The second-order valence-corrected chi connectivity index (χ2v) is 3.18. The molecule has 1 N–H and O–H groups in total. The van der Waals surface area contributed by atoms with Gasteiger partial charge in [-0.1, -0.05) is 12.1 Å². The number of nitrogens with zero attached hydrogens (tertiary/aromatic N) is 2. The van der Waals surface area contributed by atoms with E-state index in [1.54, 1.807) is 12.1 Å². The van der Waals surface area contributed by atoms with Crippen LogP contribution in [-0.4, -0.2) is 15.0 Å². The monoisotopic (exact) mass is 232 g/mol. The molecule has 2 aromatic rings. The molecule has 6 nitrogen and oxygen atoms in total. The van der Waals surface area contributed by atoms with Gasteiger partial charge in [0.1, 0.15) is 0 Å². The highest BCUT2D eigenvalue weighted by Crippen LogP contribution is 2.29. The summed E-state index contributed by atoms with van der Waals surface area (Å²) in [6.45, 7) is 0. The third-order valence-corrected chi connectivity index (χ3v) is 2.01. The Bertz CT molecular complexity index is 557. The van der Waals surface area contributed by atoms with E-state index < -0.39 is 4.92 Å². The van der Waals surface area contributed by atoms with Gasteiger partial charge in [-0.05, 0) is 12.1 Å². The Balaban J connectivity index is 2.28. The van der Waals surface area contributed by atoms with Crippen molar-refractivity contribution < 1.29 is 14.8 Å². The highest BCUT2D eigenvalue weighted by molar-refractivity contribution is 5.42. The molecule has 0 saturated carbocycles. The summed E-state index contributed by atoms with van der Waals surface area (Å²) >= 11 is 0. The highest BCUT2D eigenvalue weighted by atomic mass is 16.6. The predicted octanol–water partition coefficient (Wildman–Crippen LogP) is 2.49. The standard InChI is InChI=1S/C11H8N2O4/c14-9-3-1-2-4-10(9)17-11-7-8(13(15)16)5-6-12-11/h1-7,14H. The van der Waals surface area contributed by atoms with Crippen molar-refractivity contribution in [1.29, 1.82) is 0 Å². The molecule has 0 unspecified atom stereocenters. The first-order valence-electron chi connectivity index (χ1n) is 4.73. The largest absolute Gasteiger partial charge is 0.504 e. The maximum absolute atomic E-state index is 10.5. The maximum atomic E-state index is 10.5. The van der Waals surface area contributed by atoms with E-state index in [-0.39, 0.29) is 23.1 Å². The van der Waals surface area contributed by atoms with Crippen molar-refractivity contribution in [3.8, 4) is 17.4 Å². The molecular weight excluding hydrogens is 224 g/mol. The number of para-hydroxylation sites is 2. The van der Waals surface area contributed by atoms with E-state index >= 15 is 0 Å². The molecule has 2 rings (SSSR count). The van der Waals surface area contributed by atoms with Gasteiger partial charge in [-0.15, -0.1) is 0 Å². The number of rotatable bonds is 3. The van der Waals surface area contributed by atoms with Crippen LogP contribution in [0.2, 0.25) is 0 Å². The van der Waals surface area contributed by atoms with Crippen LogP contribution in [0.1, 0.15) is 0 Å². The van der Waals surface area contributed by atoms with Crippen LogP contribution in [0, 0.1) is 10.1 Å². The summed E-state index contributed by atoms with van der Waals surface area (Å²) in [5, 5.41) is 20.0. The van der Waals surface area contributed by atoms with E-state index in [4.69, 9.17) is 4.74 Å². The molecule has 0 fully saturated rings. The normalized spacial score (nSPS) is 9.88. The summed E-state index contributed by atoms with van der Waals surface area (Å²) in [5.74, 6) is 0.196. The zero-order valence-corrected chi connectivity index (χ0v) is 8.61. The summed E-state index contributed by atoms with van der Waals surface area (Å²) in [6, 6.07) is 8.75. The van der Waals surface area contributed by atoms with Gasteiger partial charge in [0.15, 0.2) is 11.5 Å². The van der Waals surface area contributed by atoms with Gasteiger partial charge < -0.3 is 9.84 Å². The predicted molar refractivity (Wildman–Crippen MR) is 59.1 cm³/mol. The molecular formula is C11H8N2O4. The smallest absolute Gasteiger partial charge is 0.276 e. The third-order valence-electron chi connectivity index (χ3n) is 2.01. The molecule has 1 aromatic carbocycles. The van der Waals surface area contributed by atoms with Crippen molar-refractivity contribution in [2.45, 2.75) is 0 Å². The summed E-state index contributed by atoms with van der Waals surface area (Å²) in [6.07, 6.45) is 1.27. The number of aromatic nitrogens is 1. The molecule has 0 amide bonds. The van der Waals surface area contributed by atoms with E-state index in [0.717, 1.165) is 0 Å². The van der Waals surface area contributed by atoms with Crippen molar-refractivity contribution in [3.63, 3.8) is 0 Å². The zero-order valence-electron chi connectivity index (χ0n) is 8.61. The van der Waals surface area contributed by atoms with Crippen LogP contribution < -0.4 is 4.74 Å². The van der Waals surface area contributed by atoms with Crippen LogP contribution >= 0.6 is 0 Å². The van der Waals surface area contributed by atoms with Gasteiger partial charge in [-0.3, -0.25) is 10.1 Å². The summed E-state index contributed by atoms with van der Waals surface area (Å²) in [7, 11) is 0. The number of aromatic hydroxyl groups is 1. The summed E-state index contributed by atoms with van der Waals surface area (Å²) < 4.78 is 5.23. The lowest BCUT2D eigenvalue weighted by Crippen LogP contribution is -1.92. The Morgan fingerprint density at radius 2 is 2.06 bits per heavy atom. The second kappa shape index (κ2) is 4.48. The van der Waals surface area contributed by atoms with Crippen molar-refractivity contribution in [2.75, 3.05) is 0 Å². The van der Waals surface area contributed by atoms with E-state index in [1.165, 1.54) is 30.5 Å². The van der Waals surface area contributed by atoms with Crippen molar-refractivity contribution >= 4 is 5.69 Å². The molecule has 0 saturated heterocycles. The average molecular weight is 232 g/mol. The lowest BCUT2D eigenvalue weighted by molar-refractivity contribution is -0.385. The van der Waals surface area contributed by atoms with E-state index in [2.05, 4.69) is 4.98 Å². The van der Waals surface area contributed by atoms with Gasteiger partial charge in [0, 0.05) is 12.3 Å². The van der Waals surface area contributed by atoms with E-state index in [1.807, 2.05) is 0 Å². The number of nitro groups is 1. The van der Waals surface area contributed by atoms with E-state index in [9.17, 15) is 15.2 Å². The topological polar surface area (TPSA) is 85.5 Å². The van der Waals surface area contributed by atoms with Crippen molar-refractivity contribution in [3.05, 3.63) is 52.7 Å². The molecule has 0 aliphatic carbocycles. The maximum Gasteiger partial charge on any atom is 0.276 e. The van der Waals surface area contributed by atoms with Crippen LogP contribution in [0.5, 0.6) is 17.4 Å². The Labute approximate surface area is 96.3 Å². The number of hydrogen-bond donors (Lipinski definition) is 1. The number of phenolic OH excluding ortho intramolecular Hbond substituents is 1. The second-order valence-electron chi connectivity index (χ2n) is 3.18. The molecule has 1 aromatic heterocycles. The van der Waals surface area contributed by atoms with E-state index in [0.29, 0.717) is 0 Å². The van der Waals surface area contributed by atoms with Crippen LogP contribution in [0.15, 0.2) is 42.6 Å². The molecule has 86 valence electrons. The van der Waals surface area contributed by atoms with Gasteiger partial charge in [-0.2, -0.15) is 0 Å². The average Bonchev–Trinajstić information content (AvgIpc) is 2.32. The fourth-order valence-corrected chi connectivity index (χ4v) is 1.22. The van der Waals surface area contributed by atoms with Crippen molar-refractivity contribution in [1.82, 2.24) is 4.98 Å². The zero-order chi connectivity index (χ0) is 12.3. The van der Waals surface area contributed by atoms with Gasteiger partial charge >= 0.3 is 0 Å². The van der Waals surface area contributed by atoms with Crippen molar-refractivity contribution in [2.24, 2.45) is 0 Å². The first-order chi connectivity index (χ1) is 8.16. The molecule has 0 radical (unpaired) electrons. The van der Waals surface area contributed by atoms with Crippen LogP contribution in [0.4, 0.5) is 5.69 Å². The number of pyridine rings is 1. The lowest BCUT2D eigenvalue weighted by atomic mass is 10.3. The minimum Gasteiger partial charge on any atom is -0.504 e. The fourth-order valence-electron chi connectivity index (χ4n) is 1.22. The SMILES string of the molecule is O=[N+]([O-])c1ccnc(Oc2ccccc2O)c1. The van der Waals surface area contributed by atoms with Gasteiger partial charge in [0.25, 0.3) is 5.69 Å². The van der Waals surface area contributed by atoms with Gasteiger partial charge in [0.2, 0.25) is 5.88 Å². The van der Waals surface area contributed by atoms with Crippen LogP contribution in [0.3, 0.4) is 0 Å². The minimum atomic E-state index is -0.542. The first-order valence-corrected chi connectivity index (χ1v) is 4.73. The molecule has 6 heteroatoms. The first kappa shape index (κ1) is 10.9. The Morgan fingerprint density at radius 3 is 2.76 bits per heavy atom. The highest BCUT2D eigenvalue weighted by Gasteiger charge is 2.09. The number of hydrogen-bond acceptors (Lipinski definition) is 5. The van der Waals surface area contributed by atoms with Gasteiger partial charge in [0.05, 0.1) is 11.0 Å². The van der Waals surface area contributed by atoms with Crippen LogP contribution in [-0.2, 0) is 0 Å². The summed E-state index contributed by atoms with van der Waals surface area (Å²) in [5.41, 5.74) is -0.120. The van der Waals surface area contributed by atoms with Crippen LogP contribution in [0.25, 0.3) is 0 Å². The Hall–Kier alpha value is -2.63. The Morgan fingerprint density at radius 1 is 1.29 bits per heavy atom. The quantitative estimate of drug-likeness (QED) is 0.649. The molecule has 0 aliphatic rings. The molecule has 1 heterocycles. The molecule has 0 aliphatic heterocycles. The lowest BCUT2D eigenvalue weighted by Gasteiger charge is -2.05. The molecule has 0 atom stereocenters. The number of ether oxygens (including phenoxy) is 1. The third kappa shape index (κ3) is 2.49. The molecule has 0 spiro atoms. The molecule has 0 bridgehead atoms. The minimum absolute atomic E-state index is 0.0548. The summed E-state index contributed by atoms with van der Waals surface area (Å²) in [4.78, 5) is 13.8.